The van der Waals surface area contributed by atoms with Crippen LogP contribution in [-0.4, -0.2) is 36.3 Å². The molecule has 3 nitrogen and oxygen atoms in total. The van der Waals surface area contributed by atoms with Gasteiger partial charge in [-0.05, 0) is 40.5 Å². The number of carbonyl (C=O) groups is 1. The van der Waals surface area contributed by atoms with E-state index in [1.165, 1.54) is 0 Å². The van der Waals surface area contributed by atoms with Crippen LogP contribution in [0.4, 0.5) is 0 Å². The number of benzene rings is 1. The molecule has 1 atom stereocenters. The van der Waals surface area contributed by atoms with Gasteiger partial charge in [0.25, 0.3) is 5.91 Å². The molecule has 1 aromatic rings. The van der Waals surface area contributed by atoms with Crippen molar-refractivity contribution in [3.8, 4) is 5.75 Å². The Kier molecular flexibility index (Phi) is 6.15. The maximum Gasteiger partial charge on any atom is 0.253 e. The highest BCUT2D eigenvalue weighted by Gasteiger charge is 2.13. The second-order valence-electron chi connectivity index (χ2n) is 4.15. The van der Waals surface area contributed by atoms with E-state index in [0.29, 0.717) is 10.4 Å². The Morgan fingerprint density at radius 3 is 2.67 bits per heavy atom. The molecule has 0 aliphatic rings. The van der Waals surface area contributed by atoms with Gasteiger partial charge >= 0.3 is 0 Å². The average Bonchev–Trinajstić information content (AvgIpc) is 2.34. The van der Waals surface area contributed by atoms with Crippen molar-refractivity contribution < 1.29 is 9.53 Å². The summed E-state index contributed by atoms with van der Waals surface area (Å²) in [6.07, 6.45) is 0.930. The van der Waals surface area contributed by atoms with Gasteiger partial charge in [0.1, 0.15) is 5.75 Å². The molecule has 0 saturated heterocycles. The van der Waals surface area contributed by atoms with E-state index in [0.717, 1.165) is 23.2 Å². The summed E-state index contributed by atoms with van der Waals surface area (Å²) in [7, 11) is 3.42. The van der Waals surface area contributed by atoms with Gasteiger partial charge in [0.05, 0.1) is 11.6 Å². The van der Waals surface area contributed by atoms with Crippen molar-refractivity contribution >= 4 is 37.8 Å². The van der Waals surface area contributed by atoms with Crippen LogP contribution < -0.4 is 4.74 Å². The number of nitrogens with zero attached hydrogens (tertiary/aromatic N) is 1. The zero-order valence-corrected chi connectivity index (χ0v) is 13.9. The molecule has 1 amide bonds. The van der Waals surface area contributed by atoms with Crippen molar-refractivity contribution in [2.45, 2.75) is 18.2 Å². The van der Waals surface area contributed by atoms with Crippen LogP contribution in [0, 0.1) is 0 Å². The monoisotopic (exact) mass is 377 g/mol. The van der Waals surface area contributed by atoms with Crippen LogP contribution in [0.2, 0.25) is 0 Å². The van der Waals surface area contributed by atoms with Gasteiger partial charge in [-0.15, -0.1) is 0 Å². The van der Waals surface area contributed by atoms with Crippen LogP contribution in [0.3, 0.4) is 0 Å². The molecule has 0 radical (unpaired) electrons. The molecule has 100 valence electrons. The van der Waals surface area contributed by atoms with Crippen LogP contribution in [0.15, 0.2) is 22.7 Å². The number of methoxy groups -OCH3 is 1. The molecule has 0 fully saturated rings. The maximum absolute atomic E-state index is 12.2. The van der Waals surface area contributed by atoms with Crippen molar-refractivity contribution in [2.75, 3.05) is 20.7 Å². The minimum atomic E-state index is 0.0199. The third kappa shape index (κ3) is 4.28. The Bertz CT molecular complexity index is 421. The summed E-state index contributed by atoms with van der Waals surface area (Å²) < 4.78 is 5.93. The molecule has 18 heavy (non-hydrogen) atoms. The molecular weight excluding hydrogens is 362 g/mol. The highest BCUT2D eigenvalue weighted by atomic mass is 79.9. The highest BCUT2D eigenvalue weighted by Crippen LogP contribution is 2.26. The van der Waals surface area contributed by atoms with Crippen molar-refractivity contribution in [3.05, 3.63) is 28.2 Å². The summed E-state index contributed by atoms with van der Waals surface area (Å²) in [5.74, 6) is 0.745. The molecule has 0 saturated carbocycles. The molecule has 0 spiro atoms. The van der Waals surface area contributed by atoms with E-state index < -0.39 is 0 Å². The van der Waals surface area contributed by atoms with Gasteiger partial charge in [0.2, 0.25) is 0 Å². The summed E-state index contributed by atoms with van der Waals surface area (Å²) in [5, 5.41) is 0. The summed E-state index contributed by atoms with van der Waals surface area (Å²) in [5.41, 5.74) is 0.660. The Labute approximate surface area is 125 Å². The van der Waals surface area contributed by atoms with Crippen LogP contribution in [0.5, 0.6) is 5.75 Å². The molecule has 0 bridgehead atoms. The first-order chi connectivity index (χ1) is 8.45. The molecule has 0 aliphatic heterocycles. The van der Waals surface area contributed by atoms with E-state index in [1.54, 1.807) is 30.2 Å². The fourth-order valence-electron chi connectivity index (χ4n) is 1.49. The van der Waals surface area contributed by atoms with Gasteiger partial charge < -0.3 is 9.64 Å². The second kappa shape index (κ2) is 7.14. The number of ether oxygens (including phenoxy) is 1. The van der Waals surface area contributed by atoms with Crippen molar-refractivity contribution in [1.82, 2.24) is 4.90 Å². The van der Waals surface area contributed by atoms with Crippen molar-refractivity contribution in [3.63, 3.8) is 0 Å². The summed E-state index contributed by atoms with van der Waals surface area (Å²) in [6, 6.07) is 5.35. The standard InChI is InChI=1S/C13H17Br2NO2/c1-9(14)6-7-16(2)13(17)10-4-5-12(18-3)11(15)8-10/h4-5,8-9H,6-7H2,1-3H3. The van der Waals surface area contributed by atoms with E-state index >= 15 is 0 Å². The number of hydrogen-bond acceptors (Lipinski definition) is 2. The lowest BCUT2D eigenvalue weighted by atomic mass is 10.2. The number of halogens is 2. The lowest BCUT2D eigenvalue weighted by Gasteiger charge is -2.18. The van der Waals surface area contributed by atoms with Gasteiger partial charge in [-0.25, -0.2) is 0 Å². The molecule has 0 aromatic heterocycles. The van der Waals surface area contributed by atoms with E-state index in [2.05, 4.69) is 38.8 Å². The van der Waals surface area contributed by atoms with E-state index in [1.807, 2.05) is 7.05 Å². The van der Waals surface area contributed by atoms with Crippen LogP contribution in [0.25, 0.3) is 0 Å². The third-order valence-corrected chi connectivity index (χ3v) is 3.69. The first-order valence-corrected chi connectivity index (χ1v) is 7.39. The molecule has 1 unspecified atom stereocenters. The largest absolute Gasteiger partial charge is 0.496 e. The van der Waals surface area contributed by atoms with Crippen LogP contribution >= 0.6 is 31.9 Å². The molecule has 1 aromatic carbocycles. The van der Waals surface area contributed by atoms with Gasteiger partial charge in [-0.1, -0.05) is 22.9 Å². The van der Waals surface area contributed by atoms with E-state index in [-0.39, 0.29) is 5.91 Å². The topological polar surface area (TPSA) is 29.5 Å². The zero-order valence-electron chi connectivity index (χ0n) is 10.7. The number of alkyl halides is 1. The second-order valence-corrected chi connectivity index (χ2v) is 6.56. The predicted molar refractivity (Wildman–Crippen MR) is 80.7 cm³/mol. The van der Waals surface area contributed by atoms with Gasteiger partial charge in [0, 0.05) is 24.0 Å². The minimum absolute atomic E-state index is 0.0199. The van der Waals surface area contributed by atoms with Crippen molar-refractivity contribution in [1.29, 1.82) is 0 Å². The Balaban J connectivity index is 2.74. The Hall–Kier alpha value is -0.550. The first-order valence-electron chi connectivity index (χ1n) is 5.68. The summed E-state index contributed by atoms with van der Waals surface area (Å²) in [6.45, 7) is 2.80. The Morgan fingerprint density at radius 1 is 1.50 bits per heavy atom. The Morgan fingerprint density at radius 2 is 2.17 bits per heavy atom. The number of amides is 1. The number of hydrogen-bond donors (Lipinski definition) is 0. The quantitative estimate of drug-likeness (QED) is 0.731. The van der Waals surface area contributed by atoms with Gasteiger partial charge in [0.15, 0.2) is 0 Å². The van der Waals surface area contributed by atoms with Gasteiger partial charge in [-0.3, -0.25) is 4.79 Å². The van der Waals surface area contributed by atoms with E-state index in [4.69, 9.17) is 4.74 Å². The fourth-order valence-corrected chi connectivity index (χ4v) is 2.24. The third-order valence-electron chi connectivity index (χ3n) is 2.61. The minimum Gasteiger partial charge on any atom is -0.496 e. The number of carbonyl (C=O) groups excluding carboxylic acids is 1. The smallest absolute Gasteiger partial charge is 0.253 e. The molecule has 5 heteroatoms. The lowest BCUT2D eigenvalue weighted by molar-refractivity contribution is 0.0794. The average molecular weight is 379 g/mol. The van der Waals surface area contributed by atoms with Gasteiger partial charge in [-0.2, -0.15) is 0 Å². The van der Waals surface area contributed by atoms with Crippen LogP contribution in [0.1, 0.15) is 23.7 Å². The fraction of sp³-hybridized carbons (Fsp3) is 0.462. The zero-order chi connectivity index (χ0) is 13.7. The summed E-state index contributed by atoms with van der Waals surface area (Å²) in [4.78, 5) is 14.3. The molecule has 0 N–H and O–H groups in total. The predicted octanol–water partition coefficient (Wildman–Crippen LogP) is 3.70. The SMILES string of the molecule is COc1ccc(C(=O)N(C)CCC(C)Br)cc1Br. The molecule has 1 rings (SSSR count). The van der Waals surface area contributed by atoms with E-state index in [9.17, 15) is 4.79 Å². The van der Waals surface area contributed by atoms with Crippen molar-refractivity contribution in [2.24, 2.45) is 0 Å². The molecule has 0 aliphatic carbocycles. The van der Waals surface area contributed by atoms with Crippen LogP contribution in [-0.2, 0) is 0 Å². The highest BCUT2D eigenvalue weighted by molar-refractivity contribution is 9.10. The lowest BCUT2D eigenvalue weighted by Crippen LogP contribution is -2.28. The summed E-state index contributed by atoms with van der Waals surface area (Å²) >= 11 is 6.86. The first kappa shape index (κ1) is 15.5. The number of rotatable bonds is 5. The molecule has 0 heterocycles. The molecular formula is C13H17Br2NO2. The maximum atomic E-state index is 12.2. The normalized spacial score (nSPS) is 12.1.